The van der Waals surface area contributed by atoms with E-state index in [2.05, 4.69) is 24.3 Å². The predicted molar refractivity (Wildman–Crippen MR) is 90.8 cm³/mol. The summed E-state index contributed by atoms with van der Waals surface area (Å²) in [6.07, 6.45) is 1.17. The Balaban J connectivity index is 2.06. The second kappa shape index (κ2) is 7.16. The molecular formula is C16H19Cl2N3O. The maximum atomic E-state index is 12.1. The lowest BCUT2D eigenvalue weighted by Crippen LogP contribution is -2.15. The number of nitrogens with zero attached hydrogens (tertiary/aromatic N) is 2. The Labute approximate surface area is 140 Å². The van der Waals surface area contributed by atoms with Crippen LogP contribution in [-0.4, -0.2) is 15.7 Å². The van der Waals surface area contributed by atoms with E-state index in [1.165, 1.54) is 0 Å². The van der Waals surface area contributed by atoms with Crippen molar-refractivity contribution in [1.29, 1.82) is 0 Å². The number of carbonyl (C=O) groups is 1. The minimum Gasteiger partial charge on any atom is -0.309 e. The zero-order chi connectivity index (χ0) is 16.3. The number of aromatic nitrogens is 2. The van der Waals surface area contributed by atoms with Crippen LogP contribution in [0.15, 0.2) is 24.3 Å². The van der Waals surface area contributed by atoms with E-state index >= 15 is 0 Å². The summed E-state index contributed by atoms with van der Waals surface area (Å²) in [5.41, 5.74) is 1.76. The molecule has 0 saturated carbocycles. The maximum absolute atomic E-state index is 12.1. The van der Waals surface area contributed by atoms with Crippen LogP contribution in [0.5, 0.6) is 0 Å². The molecule has 2 rings (SSSR count). The van der Waals surface area contributed by atoms with Gasteiger partial charge in [-0.05, 0) is 38.0 Å². The molecule has 1 atom stereocenters. The van der Waals surface area contributed by atoms with Crippen molar-refractivity contribution in [3.63, 3.8) is 0 Å². The van der Waals surface area contributed by atoms with Gasteiger partial charge in [0.05, 0.1) is 6.42 Å². The van der Waals surface area contributed by atoms with Crippen LogP contribution in [0, 0.1) is 6.92 Å². The summed E-state index contributed by atoms with van der Waals surface area (Å²) < 4.78 is 1.92. The second-order valence-corrected chi connectivity index (χ2v) is 6.18. The topological polar surface area (TPSA) is 46.9 Å². The molecule has 0 unspecified atom stereocenters. The van der Waals surface area contributed by atoms with Crippen LogP contribution >= 0.6 is 23.2 Å². The van der Waals surface area contributed by atoms with Gasteiger partial charge in [-0.15, -0.1) is 0 Å². The first-order valence-electron chi connectivity index (χ1n) is 7.20. The van der Waals surface area contributed by atoms with Gasteiger partial charge in [-0.25, -0.2) is 0 Å². The minimum absolute atomic E-state index is 0.155. The van der Waals surface area contributed by atoms with Crippen molar-refractivity contribution in [2.45, 2.75) is 39.7 Å². The number of halogens is 2. The number of aryl methyl sites for hydroxylation is 1. The van der Waals surface area contributed by atoms with E-state index in [4.69, 9.17) is 23.2 Å². The molecule has 1 amide bonds. The Morgan fingerprint density at radius 1 is 1.36 bits per heavy atom. The fourth-order valence-corrected chi connectivity index (χ4v) is 2.67. The Kier molecular flexibility index (Phi) is 5.48. The standard InChI is InChI=1S/C16H19Cl2N3O/c1-4-10(2)21-11(3)7-15(20-21)19-16(22)8-12-5-6-13(17)9-14(12)18/h5-7,9-10H,4,8H2,1-3H3,(H,19,20,22)/t10-/m0/s1. The molecule has 0 aliphatic heterocycles. The second-order valence-electron chi connectivity index (χ2n) is 5.33. The number of hydrogen-bond donors (Lipinski definition) is 1. The maximum Gasteiger partial charge on any atom is 0.230 e. The van der Waals surface area contributed by atoms with Gasteiger partial charge in [0.15, 0.2) is 5.82 Å². The molecule has 0 aliphatic carbocycles. The first-order valence-corrected chi connectivity index (χ1v) is 7.96. The van der Waals surface area contributed by atoms with Gasteiger partial charge >= 0.3 is 0 Å². The van der Waals surface area contributed by atoms with Crippen LogP contribution in [0.2, 0.25) is 10.0 Å². The van der Waals surface area contributed by atoms with Crippen molar-refractivity contribution in [3.8, 4) is 0 Å². The molecule has 1 heterocycles. The highest BCUT2D eigenvalue weighted by Crippen LogP contribution is 2.22. The summed E-state index contributed by atoms with van der Waals surface area (Å²) >= 11 is 11.9. The smallest absolute Gasteiger partial charge is 0.230 e. The van der Waals surface area contributed by atoms with Crippen molar-refractivity contribution in [2.24, 2.45) is 0 Å². The van der Waals surface area contributed by atoms with Gasteiger partial charge in [0.25, 0.3) is 0 Å². The Hall–Kier alpha value is -1.52. The fourth-order valence-electron chi connectivity index (χ4n) is 2.19. The van der Waals surface area contributed by atoms with E-state index in [9.17, 15) is 4.79 Å². The highest BCUT2D eigenvalue weighted by Gasteiger charge is 2.13. The van der Waals surface area contributed by atoms with Crippen molar-refractivity contribution in [1.82, 2.24) is 9.78 Å². The molecule has 1 aromatic heterocycles. The van der Waals surface area contributed by atoms with Crippen LogP contribution < -0.4 is 5.32 Å². The number of benzene rings is 1. The van der Waals surface area contributed by atoms with Crippen LogP contribution in [0.25, 0.3) is 0 Å². The first-order chi connectivity index (χ1) is 10.4. The molecule has 118 valence electrons. The summed E-state index contributed by atoms with van der Waals surface area (Å²) in [6, 6.07) is 7.28. The van der Waals surface area contributed by atoms with Gasteiger partial charge < -0.3 is 5.32 Å². The Bertz CT molecular complexity index is 682. The van der Waals surface area contributed by atoms with Crippen LogP contribution in [-0.2, 0) is 11.2 Å². The molecule has 0 radical (unpaired) electrons. The molecule has 1 N–H and O–H groups in total. The minimum atomic E-state index is -0.155. The van der Waals surface area contributed by atoms with Crippen molar-refractivity contribution in [2.75, 3.05) is 5.32 Å². The predicted octanol–water partition coefficient (Wildman–Crippen LogP) is 4.65. The summed E-state index contributed by atoms with van der Waals surface area (Å²) in [4.78, 5) is 12.1. The molecule has 1 aromatic carbocycles. The highest BCUT2D eigenvalue weighted by molar-refractivity contribution is 6.35. The van der Waals surface area contributed by atoms with E-state index in [1.54, 1.807) is 18.2 Å². The average molecular weight is 340 g/mol. The van der Waals surface area contributed by atoms with E-state index in [0.29, 0.717) is 21.9 Å². The van der Waals surface area contributed by atoms with Gasteiger partial charge in [-0.3, -0.25) is 9.48 Å². The molecule has 22 heavy (non-hydrogen) atoms. The number of nitrogens with one attached hydrogen (secondary N) is 1. The van der Waals surface area contributed by atoms with E-state index < -0.39 is 0 Å². The normalized spacial score (nSPS) is 12.2. The summed E-state index contributed by atoms with van der Waals surface area (Å²) in [6.45, 7) is 6.18. The SMILES string of the molecule is CC[C@H](C)n1nc(NC(=O)Cc2ccc(Cl)cc2Cl)cc1C. The van der Waals surface area contributed by atoms with E-state index in [1.807, 2.05) is 17.7 Å². The summed E-state index contributed by atoms with van der Waals surface area (Å²) in [7, 11) is 0. The van der Waals surface area contributed by atoms with E-state index in [0.717, 1.165) is 17.7 Å². The first kappa shape index (κ1) is 16.8. The third-order valence-corrected chi connectivity index (χ3v) is 4.15. The molecule has 0 saturated heterocycles. The lowest BCUT2D eigenvalue weighted by molar-refractivity contribution is -0.115. The van der Waals surface area contributed by atoms with Gasteiger partial charge in [0.2, 0.25) is 5.91 Å². The van der Waals surface area contributed by atoms with Gasteiger partial charge in [-0.1, -0.05) is 36.2 Å². The fraction of sp³-hybridized carbons (Fsp3) is 0.375. The molecule has 0 aliphatic rings. The number of anilines is 1. The highest BCUT2D eigenvalue weighted by atomic mass is 35.5. The molecule has 4 nitrogen and oxygen atoms in total. The summed E-state index contributed by atoms with van der Waals surface area (Å²) in [5, 5.41) is 8.28. The number of carbonyl (C=O) groups excluding carboxylic acids is 1. The van der Waals surface area contributed by atoms with Crippen molar-refractivity contribution in [3.05, 3.63) is 45.6 Å². The van der Waals surface area contributed by atoms with Gasteiger partial charge in [0.1, 0.15) is 0 Å². The van der Waals surface area contributed by atoms with Crippen LogP contribution in [0.1, 0.15) is 37.6 Å². The molecule has 0 fully saturated rings. The monoisotopic (exact) mass is 339 g/mol. The quantitative estimate of drug-likeness (QED) is 0.861. The number of rotatable bonds is 5. The zero-order valence-electron chi connectivity index (χ0n) is 12.9. The zero-order valence-corrected chi connectivity index (χ0v) is 14.4. The Morgan fingerprint density at radius 3 is 2.73 bits per heavy atom. The third kappa shape index (κ3) is 4.02. The Morgan fingerprint density at radius 2 is 2.09 bits per heavy atom. The van der Waals surface area contributed by atoms with Crippen LogP contribution in [0.3, 0.4) is 0 Å². The lowest BCUT2D eigenvalue weighted by atomic mass is 10.1. The number of hydrogen-bond acceptors (Lipinski definition) is 2. The van der Waals surface area contributed by atoms with Crippen molar-refractivity contribution >= 4 is 34.9 Å². The van der Waals surface area contributed by atoms with Crippen LogP contribution in [0.4, 0.5) is 5.82 Å². The van der Waals surface area contributed by atoms with E-state index in [-0.39, 0.29) is 12.3 Å². The van der Waals surface area contributed by atoms with Gasteiger partial charge in [-0.2, -0.15) is 5.10 Å². The third-order valence-electron chi connectivity index (χ3n) is 3.56. The number of amides is 1. The molecular weight excluding hydrogens is 321 g/mol. The summed E-state index contributed by atoms with van der Waals surface area (Å²) in [5.74, 6) is 0.408. The molecule has 2 aromatic rings. The largest absolute Gasteiger partial charge is 0.309 e. The average Bonchev–Trinajstić information content (AvgIpc) is 2.81. The molecule has 0 bridgehead atoms. The van der Waals surface area contributed by atoms with Crippen molar-refractivity contribution < 1.29 is 4.79 Å². The molecule has 6 heteroatoms. The lowest BCUT2D eigenvalue weighted by Gasteiger charge is -2.11. The molecule has 0 spiro atoms. The van der Waals surface area contributed by atoms with Gasteiger partial charge in [0, 0.05) is 27.8 Å².